The van der Waals surface area contributed by atoms with Crippen LogP contribution in [-0.2, 0) is 0 Å². The van der Waals surface area contributed by atoms with E-state index in [9.17, 15) is 0 Å². The molecule has 0 radical (unpaired) electrons. The van der Waals surface area contributed by atoms with Gasteiger partial charge in [-0.2, -0.15) is 11.1 Å². The van der Waals surface area contributed by atoms with Gasteiger partial charge in [0.25, 0.3) is 0 Å². The third-order valence-corrected chi connectivity index (χ3v) is 4.53. The van der Waals surface area contributed by atoms with Gasteiger partial charge in [0.15, 0.2) is 7.38 Å². The maximum atomic E-state index is 6.32. The van der Waals surface area contributed by atoms with E-state index in [4.69, 9.17) is 11.1 Å². The molecule has 0 bridgehead atoms. The van der Waals surface area contributed by atoms with E-state index in [-0.39, 0.29) is 0 Å². The van der Waals surface area contributed by atoms with Crippen molar-refractivity contribution in [2.45, 2.75) is 26.9 Å². The van der Waals surface area contributed by atoms with E-state index in [2.05, 4.69) is 45.1 Å². The first-order valence-electron chi connectivity index (χ1n) is 4.18. The maximum Gasteiger partial charge on any atom is 0.180 e. The topological polar surface area (TPSA) is 0 Å². The van der Waals surface area contributed by atoms with Gasteiger partial charge in [0.2, 0.25) is 0 Å². The summed E-state index contributed by atoms with van der Waals surface area (Å²) in [5, 5.41) is 1.33. The molecular weight excluding hydrogens is 184 g/mol. The first kappa shape index (κ1) is 9.81. The molecule has 0 atom stereocenters. The lowest BCUT2D eigenvalue weighted by molar-refractivity contribution is 1.35. The van der Waals surface area contributed by atoms with E-state index in [1.807, 2.05) is 0 Å². The molecule has 0 unspecified atom stereocenters. The summed E-state index contributed by atoms with van der Waals surface area (Å²) in [7, 11) is -1.62. The molecule has 0 nitrogen and oxygen atoms in total. The molecule has 0 aliphatic carbocycles. The van der Waals surface area contributed by atoms with E-state index >= 15 is 0 Å². The lowest BCUT2D eigenvalue weighted by Gasteiger charge is -2.14. The Bertz CT molecular complexity index is 286. The minimum absolute atomic E-state index is 1.33. The first-order valence-corrected chi connectivity index (χ1v) is 8.19. The summed E-state index contributed by atoms with van der Waals surface area (Å²) in [6, 6.07) is 6.53. The van der Waals surface area contributed by atoms with Crippen molar-refractivity contribution in [1.82, 2.24) is 0 Å². The van der Waals surface area contributed by atoms with Gasteiger partial charge in [-0.25, -0.2) is 0 Å². The molecule has 0 saturated carbocycles. The highest BCUT2D eigenvalue weighted by molar-refractivity contribution is 7.26. The van der Waals surface area contributed by atoms with E-state index in [0.717, 1.165) is 0 Å². The van der Waals surface area contributed by atoms with Crippen molar-refractivity contribution < 1.29 is 0 Å². The Morgan fingerprint density at radius 1 is 1.08 bits per heavy atom. The standard InChI is InChI=1S/C10H15ClSi/c1-8-5-6-10(7-9(8)2)12(3,4)11/h5-7H,1-4H3. The summed E-state index contributed by atoms with van der Waals surface area (Å²) in [5.41, 5.74) is 2.68. The Morgan fingerprint density at radius 3 is 2.08 bits per heavy atom. The molecular formula is C10H15ClSi. The van der Waals surface area contributed by atoms with Crippen LogP contribution in [-0.4, -0.2) is 7.38 Å². The van der Waals surface area contributed by atoms with Gasteiger partial charge in [0, 0.05) is 0 Å². The molecule has 2 heteroatoms. The average Bonchev–Trinajstić information content (AvgIpc) is 1.92. The molecule has 0 spiro atoms. The summed E-state index contributed by atoms with van der Waals surface area (Å²) in [6.07, 6.45) is 0. The van der Waals surface area contributed by atoms with Crippen LogP contribution in [0.2, 0.25) is 13.1 Å². The van der Waals surface area contributed by atoms with Crippen LogP contribution >= 0.6 is 11.1 Å². The van der Waals surface area contributed by atoms with E-state index in [0.29, 0.717) is 0 Å². The van der Waals surface area contributed by atoms with E-state index < -0.39 is 7.38 Å². The number of halogens is 1. The Labute approximate surface area is 80.3 Å². The second kappa shape index (κ2) is 3.23. The molecule has 0 saturated heterocycles. The lowest BCUT2D eigenvalue weighted by atomic mass is 10.1. The summed E-state index contributed by atoms with van der Waals surface area (Å²) in [6.45, 7) is 8.56. The molecule has 0 amide bonds. The van der Waals surface area contributed by atoms with Gasteiger partial charge in [-0.3, -0.25) is 0 Å². The summed E-state index contributed by atoms with van der Waals surface area (Å²) >= 11 is 6.32. The minimum Gasteiger partial charge on any atom is -0.162 e. The SMILES string of the molecule is Cc1ccc([Si](C)(C)Cl)cc1C. The van der Waals surface area contributed by atoms with Crippen LogP contribution < -0.4 is 5.19 Å². The normalized spacial score (nSPS) is 11.8. The van der Waals surface area contributed by atoms with Gasteiger partial charge in [-0.05, 0) is 30.2 Å². The molecule has 0 aromatic heterocycles. The lowest BCUT2D eigenvalue weighted by Crippen LogP contribution is -2.35. The van der Waals surface area contributed by atoms with Crippen molar-refractivity contribution in [2.24, 2.45) is 0 Å². The first-order chi connectivity index (χ1) is 5.41. The van der Waals surface area contributed by atoms with Gasteiger partial charge in [-0.15, -0.1) is 0 Å². The molecule has 1 aromatic rings. The average molecular weight is 199 g/mol. The van der Waals surface area contributed by atoms with E-state index in [1.54, 1.807) is 0 Å². The molecule has 0 fully saturated rings. The third kappa shape index (κ3) is 2.11. The van der Waals surface area contributed by atoms with Crippen molar-refractivity contribution in [3.05, 3.63) is 29.3 Å². The number of rotatable bonds is 1. The van der Waals surface area contributed by atoms with Crippen LogP contribution in [0.15, 0.2) is 18.2 Å². The van der Waals surface area contributed by atoms with Crippen molar-refractivity contribution in [2.75, 3.05) is 0 Å². The fraction of sp³-hybridized carbons (Fsp3) is 0.400. The summed E-state index contributed by atoms with van der Waals surface area (Å²) in [5.74, 6) is 0. The van der Waals surface area contributed by atoms with Crippen LogP contribution in [0.5, 0.6) is 0 Å². The fourth-order valence-electron chi connectivity index (χ4n) is 1.11. The number of hydrogen-bond donors (Lipinski definition) is 0. The predicted molar refractivity (Wildman–Crippen MR) is 58.9 cm³/mol. The highest BCUT2D eigenvalue weighted by Crippen LogP contribution is 2.11. The molecule has 0 aliphatic heterocycles. The Hall–Kier alpha value is -0.273. The van der Waals surface area contributed by atoms with Crippen LogP contribution in [0.25, 0.3) is 0 Å². The molecule has 12 heavy (non-hydrogen) atoms. The number of aryl methyl sites for hydroxylation is 2. The van der Waals surface area contributed by atoms with Crippen LogP contribution in [0.3, 0.4) is 0 Å². The number of benzene rings is 1. The monoisotopic (exact) mass is 198 g/mol. The summed E-state index contributed by atoms with van der Waals surface area (Å²) in [4.78, 5) is 0. The second-order valence-electron chi connectivity index (χ2n) is 3.77. The Balaban J connectivity index is 3.14. The van der Waals surface area contributed by atoms with Gasteiger partial charge in [0.05, 0.1) is 0 Å². The zero-order valence-corrected chi connectivity index (χ0v) is 9.87. The van der Waals surface area contributed by atoms with Crippen LogP contribution in [0, 0.1) is 13.8 Å². The maximum absolute atomic E-state index is 6.32. The zero-order valence-electron chi connectivity index (χ0n) is 8.11. The summed E-state index contributed by atoms with van der Waals surface area (Å²) < 4.78 is 0. The van der Waals surface area contributed by atoms with Gasteiger partial charge >= 0.3 is 0 Å². The van der Waals surface area contributed by atoms with Gasteiger partial charge in [0.1, 0.15) is 0 Å². The van der Waals surface area contributed by atoms with Crippen molar-refractivity contribution in [3.63, 3.8) is 0 Å². The zero-order chi connectivity index (χ0) is 9.35. The smallest absolute Gasteiger partial charge is 0.162 e. The molecule has 1 aromatic carbocycles. The van der Waals surface area contributed by atoms with Crippen molar-refractivity contribution >= 4 is 23.6 Å². The van der Waals surface area contributed by atoms with Crippen LogP contribution in [0.4, 0.5) is 0 Å². The Kier molecular flexibility index (Phi) is 2.64. The second-order valence-corrected chi connectivity index (χ2v) is 10.1. The highest BCUT2D eigenvalue weighted by Gasteiger charge is 2.19. The van der Waals surface area contributed by atoms with E-state index in [1.165, 1.54) is 16.3 Å². The molecule has 0 heterocycles. The molecule has 1 rings (SSSR count). The number of hydrogen-bond acceptors (Lipinski definition) is 0. The molecule has 0 N–H and O–H groups in total. The Morgan fingerprint density at radius 2 is 1.67 bits per heavy atom. The third-order valence-electron chi connectivity index (χ3n) is 2.19. The predicted octanol–water partition coefficient (Wildman–Crippen LogP) is 2.95. The van der Waals surface area contributed by atoms with Crippen molar-refractivity contribution in [3.8, 4) is 0 Å². The highest BCUT2D eigenvalue weighted by atomic mass is 35.6. The van der Waals surface area contributed by atoms with Crippen molar-refractivity contribution in [1.29, 1.82) is 0 Å². The minimum atomic E-state index is -1.62. The largest absolute Gasteiger partial charge is 0.180 e. The van der Waals surface area contributed by atoms with Gasteiger partial charge in [-0.1, -0.05) is 31.3 Å². The fourth-order valence-corrected chi connectivity index (χ4v) is 2.50. The van der Waals surface area contributed by atoms with Gasteiger partial charge < -0.3 is 0 Å². The van der Waals surface area contributed by atoms with Crippen LogP contribution in [0.1, 0.15) is 11.1 Å². The molecule has 0 aliphatic rings. The molecule has 66 valence electrons. The quantitative estimate of drug-likeness (QED) is 0.481.